The van der Waals surface area contributed by atoms with Crippen LogP contribution in [0.1, 0.15) is 19.8 Å². The van der Waals surface area contributed by atoms with Gasteiger partial charge in [0.15, 0.2) is 0 Å². The zero-order valence-corrected chi connectivity index (χ0v) is 12.1. The summed E-state index contributed by atoms with van der Waals surface area (Å²) in [5.74, 6) is 1.27. The van der Waals surface area contributed by atoms with Gasteiger partial charge in [0, 0.05) is 31.4 Å². The van der Waals surface area contributed by atoms with Crippen molar-refractivity contribution in [1.82, 2.24) is 14.9 Å². The average Bonchev–Trinajstić information content (AvgIpc) is 2.78. The van der Waals surface area contributed by atoms with E-state index in [1.54, 1.807) is 6.20 Å². The summed E-state index contributed by atoms with van der Waals surface area (Å²) in [4.78, 5) is 13.3. The van der Waals surface area contributed by atoms with Crippen molar-refractivity contribution in [2.24, 2.45) is 0 Å². The van der Waals surface area contributed by atoms with Gasteiger partial charge in [0.1, 0.15) is 5.82 Å². The van der Waals surface area contributed by atoms with E-state index in [1.165, 1.54) is 19.4 Å². The number of hydrogen-bond donors (Lipinski definition) is 1. The van der Waals surface area contributed by atoms with Crippen LogP contribution in [0, 0.1) is 0 Å². The lowest BCUT2D eigenvalue weighted by Crippen LogP contribution is -2.55. The Kier molecular flexibility index (Phi) is 3.15. The van der Waals surface area contributed by atoms with Gasteiger partial charge < -0.3 is 10.6 Å². The number of nitrogens with zero attached hydrogens (tertiary/aromatic N) is 4. The normalized spacial score (nSPS) is 28.4. The molecule has 0 spiro atoms. The van der Waals surface area contributed by atoms with Crippen molar-refractivity contribution in [3.63, 3.8) is 0 Å². The summed E-state index contributed by atoms with van der Waals surface area (Å²) in [6.45, 7) is 5.65. The monoisotopic (exact) mass is 311 g/mol. The molecule has 18 heavy (non-hydrogen) atoms. The molecule has 6 heteroatoms. The molecule has 2 N–H and O–H groups in total. The number of fused-ring (bicyclic) bond motifs is 1. The maximum atomic E-state index is 5.71. The second-order valence-corrected chi connectivity index (χ2v) is 6.05. The highest BCUT2D eigenvalue weighted by atomic mass is 79.9. The molecule has 3 rings (SSSR count). The molecule has 2 unspecified atom stereocenters. The Morgan fingerprint density at radius 2 is 2.28 bits per heavy atom. The van der Waals surface area contributed by atoms with E-state index >= 15 is 0 Å². The molecule has 1 aromatic heterocycles. The molecule has 98 valence electrons. The summed E-state index contributed by atoms with van der Waals surface area (Å²) in [5.41, 5.74) is 5.71. The Hall–Kier alpha value is -0.880. The Labute approximate surface area is 116 Å². The third-order valence-electron chi connectivity index (χ3n) is 3.95. The third-order valence-corrected chi connectivity index (χ3v) is 4.51. The van der Waals surface area contributed by atoms with Crippen LogP contribution in [0.15, 0.2) is 10.7 Å². The molecule has 2 atom stereocenters. The van der Waals surface area contributed by atoms with Crippen molar-refractivity contribution in [2.45, 2.75) is 31.8 Å². The van der Waals surface area contributed by atoms with Gasteiger partial charge >= 0.3 is 0 Å². The molecule has 0 amide bonds. The van der Waals surface area contributed by atoms with Crippen molar-refractivity contribution in [3.8, 4) is 0 Å². The highest BCUT2D eigenvalue weighted by Gasteiger charge is 2.35. The van der Waals surface area contributed by atoms with E-state index in [1.807, 2.05) is 0 Å². The van der Waals surface area contributed by atoms with E-state index < -0.39 is 0 Å². The van der Waals surface area contributed by atoms with E-state index in [-0.39, 0.29) is 0 Å². The highest BCUT2D eigenvalue weighted by molar-refractivity contribution is 9.10. The molecule has 0 aliphatic carbocycles. The third kappa shape index (κ3) is 2.07. The molecule has 1 aromatic rings. The largest absolute Gasteiger partial charge is 0.368 e. The summed E-state index contributed by atoms with van der Waals surface area (Å²) >= 11 is 3.53. The molecule has 2 fully saturated rings. The minimum Gasteiger partial charge on any atom is -0.368 e. The summed E-state index contributed by atoms with van der Waals surface area (Å²) in [6, 6.07) is 1.13. The van der Waals surface area contributed by atoms with E-state index in [9.17, 15) is 0 Å². The van der Waals surface area contributed by atoms with Crippen LogP contribution in [-0.4, -0.2) is 46.6 Å². The molecule has 5 nitrogen and oxygen atoms in total. The molecule has 2 aliphatic rings. The summed E-state index contributed by atoms with van der Waals surface area (Å²) in [5, 5.41) is 0. The van der Waals surface area contributed by atoms with Crippen LogP contribution in [0.4, 0.5) is 11.8 Å². The van der Waals surface area contributed by atoms with Gasteiger partial charge in [-0.2, -0.15) is 4.98 Å². The number of halogens is 1. The first kappa shape index (κ1) is 12.2. The van der Waals surface area contributed by atoms with Gasteiger partial charge in [0.25, 0.3) is 0 Å². The zero-order valence-electron chi connectivity index (χ0n) is 10.5. The lowest BCUT2D eigenvalue weighted by atomic mass is 10.1. The standard InChI is InChI=1S/C12H18BrN5/c1-8-6-17-4-2-3-9(17)7-18(8)11-10(13)5-15-12(14)16-11/h5,8-9H,2-4,6-7H2,1H3,(H2,14,15,16). The minimum atomic E-state index is 0.342. The maximum absolute atomic E-state index is 5.71. The van der Waals surface area contributed by atoms with Crippen LogP contribution in [0.25, 0.3) is 0 Å². The molecule has 0 saturated carbocycles. The van der Waals surface area contributed by atoms with Gasteiger partial charge in [0.05, 0.1) is 4.47 Å². The Bertz CT molecular complexity index is 452. The average molecular weight is 312 g/mol. The zero-order chi connectivity index (χ0) is 12.7. The van der Waals surface area contributed by atoms with Crippen molar-refractivity contribution >= 4 is 27.7 Å². The summed E-state index contributed by atoms with van der Waals surface area (Å²) in [7, 11) is 0. The maximum Gasteiger partial charge on any atom is 0.222 e. The van der Waals surface area contributed by atoms with Gasteiger partial charge in [-0.15, -0.1) is 0 Å². The predicted octanol–water partition coefficient (Wildman–Crippen LogP) is 1.49. The molecule has 2 aliphatic heterocycles. The van der Waals surface area contributed by atoms with Crippen molar-refractivity contribution < 1.29 is 0 Å². The van der Waals surface area contributed by atoms with E-state index in [0.29, 0.717) is 18.0 Å². The fraction of sp³-hybridized carbons (Fsp3) is 0.667. The number of hydrogen-bond acceptors (Lipinski definition) is 5. The van der Waals surface area contributed by atoms with E-state index in [0.717, 1.165) is 23.4 Å². The highest BCUT2D eigenvalue weighted by Crippen LogP contribution is 2.31. The molecule has 0 aromatic carbocycles. The number of aromatic nitrogens is 2. The number of rotatable bonds is 1. The van der Waals surface area contributed by atoms with Crippen LogP contribution in [-0.2, 0) is 0 Å². The topological polar surface area (TPSA) is 58.3 Å². The van der Waals surface area contributed by atoms with E-state index in [4.69, 9.17) is 5.73 Å². The van der Waals surface area contributed by atoms with Gasteiger partial charge in [-0.05, 0) is 42.2 Å². The molecule has 0 bridgehead atoms. The van der Waals surface area contributed by atoms with Gasteiger partial charge in [-0.1, -0.05) is 0 Å². The minimum absolute atomic E-state index is 0.342. The molecule has 0 radical (unpaired) electrons. The molecule has 2 saturated heterocycles. The Morgan fingerprint density at radius 3 is 3.11 bits per heavy atom. The van der Waals surface area contributed by atoms with Crippen LogP contribution in [0.5, 0.6) is 0 Å². The van der Waals surface area contributed by atoms with Gasteiger partial charge in [-0.3, -0.25) is 4.90 Å². The van der Waals surface area contributed by atoms with Crippen LogP contribution >= 0.6 is 15.9 Å². The lowest BCUT2D eigenvalue weighted by Gasteiger charge is -2.43. The summed E-state index contributed by atoms with van der Waals surface area (Å²) < 4.78 is 0.926. The van der Waals surface area contributed by atoms with Gasteiger partial charge in [-0.25, -0.2) is 4.98 Å². The number of piperazine rings is 1. The fourth-order valence-corrected chi connectivity index (χ4v) is 3.47. The van der Waals surface area contributed by atoms with Crippen LogP contribution in [0.2, 0.25) is 0 Å². The first-order valence-corrected chi connectivity index (χ1v) is 7.23. The number of nitrogens with two attached hydrogens (primary N) is 1. The van der Waals surface area contributed by atoms with E-state index in [2.05, 4.69) is 42.6 Å². The number of anilines is 2. The molecule has 3 heterocycles. The fourth-order valence-electron chi connectivity index (χ4n) is 3.06. The van der Waals surface area contributed by atoms with Crippen molar-refractivity contribution in [3.05, 3.63) is 10.7 Å². The summed E-state index contributed by atoms with van der Waals surface area (Å²) in [6.07, 6.45) is 4.35. The second-order valence-electron chi connectivity index (χ2n) is 5.19. The number of nitrogen functional groups attached to an aromatic ring is 1. The Morgan fingerprint density at radius 1 is 1.44 bits per heavy atom. The first-order valence-electron chi connectivity index (χ1n) is 6.44. The molecular formula is C12H18BrN5. The second kappa shape index (κ2) is 4.66. The SMILES string of the molecule is CC1CN2CCCC2CN1c1nc(N)ncc1Br. The Balaban J connectivity index is 1.88. The predicted molar refractivity (Wildman–Crippen MR) is 75.5 cm³/mol. The van der Waals surface area contributed by atoms with Crippen LogP contribution in [0.3, 0.4) is 0 Å². The smallest absolute Gasteiger partial charge is 0.222 e. The van der Waals surface area contributed by atoms with Crippen molar-refractivity contribution in [2.75, 3.05) is 30.3 Å². The van der Waals surface area contributed by atoms with Gasteiger partial charge in [0.2, 0.25) is 5.95 Å². The quantitative estimate of drug-likeness (QED) is 0.851. The first-order chi connectivity index (χ1) is 8.65. The van der Waals surface area contributed by atoms with Crippen LogP contribution < -0.4 is 10.6 Å². The molecular weight excluding hydrogens is 294 g/mol. The van der Waals surface area contributed by atoms with Crippen molar-refractivity contribution in [1.29, 1.82) is 0 Å². The lowest BCUT2D eigenvalue weighted by molar-refractivity contribution is 0.202.